The second-order valence-electron chi connectivity index (χ2n) is 6.57. The maximum absolute atomic E-state index is 12.4. The van der Waals surface area contributed by atoms with Gasteiger partial charge in [0.25, 0.3) is 0 Å². The molecule has 0 spiro atoms. The van der Waals surface area contributed by atoms with Crippen LogP contribution < -0.4 is 5.32 Å². The lowest BCUT2D eigenvalue weighted by molar-refractivity contribution is -0.145. The predicted octanol–water partition coefficient (Wildman–Crippen LogP) is 2.42. The summed E-state index contributed by atoms with van der Waals surface area (Å²) >= 11 is 0. The van der Waals surface area contributed by atoms with Crippen LogP contribution in [0.25, 0.3) is 0 Å². The minimum absolute atomic E-state index is 0.0228. The van der Waals surface area contributed by atoms with Gasteiger partial charge in [0.15, 0.2) is 0 Å². The number of phenols is 1. The number of aromatic hydroxyl groups is 1. The van der Waals surface area contributed by atoms with Crippen molar-refractivity contribution < 1.29 is 19.4 Å². The molecule has 2 N–H and O–H groups in total. The van der Waals surface area contributed by atoms with Crippen LogP contribution in [0.15, 0.2) is 24.3 Å². The zero-order valence-electron chi connectivity index (χ0n) is 13.8. The first kappa shape index (κ1) is 17.3. The van der Waals surface area contributed by atoms with Gasteiger partial charge in [-0.1, -0.05) is 31.9 Å². The highest BCUT2D eigenvalue weighted by molar-refractivity contribution is 5.83. The molecule has 0 heterocycles. The van der Waals surface area contributed by atoms with E-state index in [4.69, 9.17) is 4.74 Å². The Morgan fingerprint density at radius 3 is 2.43 bits per heavy atom. The van der Waals surface area contributed by atoms with Gasteiger partial charge in [-0.25, -0.2) is 0 Å². The van der Waals surface area contributed by atoms with Crippen LogP contribution in [0, 0.1) is 11.3 Å². The van der Waals surface area contributed by atoms with Gasteiger partial charge in [0.1, 0.15) is 5.75 Å². The first-order valence-electron chi connectivity index (χ1n) is 8.08. The Hall–Kier alpha value is -2.04. The van der Waals surface area contributed by atoms with E-state index in [1.165, 1.54) is 7.11 Å². The second-order valence-corrected chi connectivity index (χ2v) is 6.57. The Balaban J connectivity index is 1.97. The number of rotatable bonds is 6. The monoisotopic (exact) mass is 319 g/mol. The Bertz CT molecular complexity index is 547. The highest BCUT2D eigenvalue weighted by Gasteiger charge is 2.36. The first-order valence-corrected chi connectivity index (χ1v) is 8.08. The van der Waals surface area contributed by atoms with Crippen molar-refractivity contribution in [2.24, 2.45) is 11.3 Å². The molecule has 0 saturated heterocycles. The normalized spacial score (nSPS) is 17.5. The van der Waals surface area contributed by atoms with Crippen molar-refractivity contribution in [3.8, 4) is 5.75 Å². The van der Waals surface area contributed by atoms with Gasteiger partial charge < -0.3 is 15.2 Å². The highest BCUT2D eigenvalue weighted by atomic mass is 16.5. The van der Waals surface area contributed by atoms with Crippen molar-refractivity contribution >= 4 is 11.9 Å². The molecule has 1 aliphatic carbocycles. The van der Waals surface area contributed by atoms with Crippen molar-refractivity contribution in [2.45, 2.75) is 39.0 Å². The number of benzene rings is 1. The molecule has 0 radical (unpaired) electrons. The molecule has 1 amide bonds. The fourth-order valence-corrected chi connectivity index (χ4v) is 3.13. The van der Waals surface area contributed by atoms with E-state index in [-0.39, 0.29) is 29.6 Å². The lowest BCUT2D eigenvalue weighted by atomic mass is 9.87. The summed E-state index contributed by atoms with van der Waals surface area (Å²) in [6.07, 6.45) is 4.43. The molecule has 1 atom stereocenters. The molecular weight excluding hydrogens is 294 g/mol. The zero-order valence-corrected chi connectivity index (χ0v) is 13.8. The van der Waals surface area contributed by atoms with Gasteiger partial charge in [-0.2, -0.15) is 0 Å². The van der Waals surface area contributed by atoms with Crippen molar-refractivity contribution in [2.75, 3.05) is 13.7 Å². The van der Waals surface area contributed by atoms with E-state index in [1.807, 2.05) is 6.92 Å². The van der Waals surface area contributed by atoms with E-state index >= 15 is 0 Å². The first-order chi connectivity index (χ1) is 10.9. The molecule has 126 valence electrons. The molecule has 1 aliphatic rings. The van der Waals surface area contributed by atoms with E-state index in [1.54, 1.807) is 24.3 Å². The molecule has 1 aromatic rings. The summed E-state index contributed by atoms with van der Waals surface area (Å²) in [5.41, 5.74) is 0.610. The molecule has 0 bridgehead atoms. The maximum Gasteiger partial charge on any atom is 0.310 e. The topological polar surface area (TPSA) is 75.6 Å². The summed E-state index contributed by atoms with van der Waals surface area (Å²) in [5, 5.41) is 12.2. The summed E-state index contributed by atoms with van der Waals surface area (Å²) < 4.78 is 4.85. The zero-order chi connectivity index (χ0) is 16.9. The quantitative estimate of drug-likeness (QED) is 0.790. The predicted molar refractivity (Wildman–Crippen MR) is 86.9 cm³/mol. The summed E-state index contributed by atoms with van der Waals surface area (Å²) in [6, 6.07) is 6.71. The minimum Gasteiger partial charge on any atom is -0.508 e. The second kappa shape index (κ2) is 7.49. The Morgan fingerprint density at radius 1 is 1.26 bits per heavy atom. The molecule has 5 heteroatoms. The number of carbonyl (C=O) groups excluding carboxylic acids is 2. The fourth-order valence-electron chi connectivity index (χ4n) is 3.13. The third kappa shape index (κ3) is 4.47. The van der Waals surface area contributed by atoms with Gasteiger partial charge in [0.2, 0.25) is 5.91 Å². The van der Waals surface area contributed by atoms with Crippen LogP contribution in [0.2, 0.25) is 0 Å². The third-order valence-electron chi connectivity index (χ3n) is 4.72. The largest absolute Gasteiger partial charge is 0.508 e. The molecule has 1 aromatic carbocycles. The summed E-state index contributed by atoms with van der Waals surface area (Å²) in [6.45, 7) is 2.25. The van der Waals surface area contributed by atoms with E-state index in [9.17, 15) is 14.7 Å². The smallest absolute Gasteiger partial charge is 0.310 e. The molecule has 23 heavy (non-hydrogen) atoms. The lowest BCUT2D eigenvalue weighted by Gasteiger charge is -2.24. The molecule has 2 rings (SSSR count). The lowest BCUT2D eigenvalue weighted by Crippen LogP contribution is -2.41. The van der Waals surface area contributed by atoms with Crippen LogP contribution in [0.4, 0.5) is 0 Å². The number of hydrogen-bond donors (Lipinski definition) is 2. The van der Waals surface area contributed by atoms with E-state index in [0.717, 1.165) is 31.2 Å². The summed E-state index contributed by atoms with van der Waals surface area (Å²) in [5.74, 6) is -0.561. The molecule has 1 fully saturated rings. The molecule has 0 aromatic heterocycles. The van der Waals surface area contributed by atoms with Crippen LogP contribution in [0.5, 0.6) is 5.75 Å². The number of carbonyl (C=O) groups is 2. The van der Waals surface area contributed by atoms with Gasteiger partial charge in [-0.3, -0.25) is 9.59 Å². The van der Waals surface area contributed by atoms with Crippen LogP contribution in [-0.2, 0) is 20.7 Å². The summed E-state index contributed by atoms with van der Waals surface area (Å²) in [7, 11) is 1.35. The fraction of sp³-hybridized carbons (Fsp3) is 0.556. The average Bonchev–Trinajstić information content (AvgIpc) is 3.00. The third-order valence-corrected chi connectivity index (χ3v) is 4.72. The molecule has 1 unspecified atom stereocenters. The molecule has 0 aliphatic heterocycles. The number of esters is 1. The van der Waals surface area contributed by atoms with Gasteiger partial charge in [0, 0.05) is 12.0 Å². The van der Waals surface area contributed by atoms with Gasteiger partial charge >= 0.3 is 5.97 Å². The van der Waals surface area contributed by atoms with Gasteiger partial charge in [-0.05, 0) is 37.0 Å². The highest BCUT2D eigenvalue weighted by Crippen LogP contribution is 2.37. The van der Waals surface area contributed by atoms with E-state index in [2.05, 4.69) is 5.32 Å². The van der Waals surface area contributed by atoms with E-state index in [0.29, 0.717) is 6.42 Å². The number of hydrogen-bond acceptors (Lipinski definition) is 4. The molecule has 1 saturated carbocycles. The van der Waals surface area contributed by atoms with Crippen molar-refractivity contribution in [3.63, 3.8) is 0 Å². The Morgan fingerprint density at radius 2 is 1.87 bits per heavy atom. The van der Waals surface area contributed by atoms with E-state index < -0.39 is 5.92 Å². The number of methoxy groups -OCH3 is 1. The van der Waals surface area contributed by atoms with Crippen molar-refractivity contribution in [1.82, 2.24) is 5.32 Å². The molecular formula is C18H25NO4. The van der Waals surface area contributed by atoms with Crippen LogP contribution >= 0.6 is 0 Å². The number of phenolic OH excluding ortho intramolecular Hbond substituents is 1. The van der Waals surface area contributed by atoms with Crippen LogP contribution in [-0.4, -0.2) is 30.6 Å². The Kier molecular flexibility index (Phi) is 5.64. The average molecular weight is 319 g/mol. The Labute approximate surface area is 137 Å². The number of amides is 1. The molecule has 5 nitrogen and oxygen atoms in total. The maximum atomic E-state index is 12.4. The minimum atomic E-state index is -0.432. The number of nitrogens with one attached hydrogen (secondary N) is 1. The van der Waals surface area contributed by atoms with Crippen molar-refractivity contribution in [1.29, 1.82) is 0 Å². The van der Waals surface area contributed by atoms with Gasteiger partial charge in [0.05, 0.1) is 13.0 Å². The van der Waals surface area contributed by atoms with Crippen LogP contribution in [0.3, 0.4) is 0 Å². The van der Waals surface area contributed by atoms with Crippen molar-refractivity contribution in [3.05, 3.63) is 29.8 Å². The number of ether oxygens (including phenoxy) is 1. The summed E-state index contributed by atoms with van der Waals surface area (Å²) in [4.78, 5) is 24.4. The SMILES string of the molecule is COC(=O)C(CNC(=O)C1(C)CCCC1)Cc1ccc(O)cc1. The van der Waals surface area contributed by atoms with Crippen LogP contribution in [0.1, 0.15) is 38.2 Å². The standard InChI is InChI=1S/C18H25NO4/c1-18(9-3-4-10-18)17(22)19-12-14(16(21)23-2)11-13-5-7-15(20)8-6-13/h5-8,14,20H,3-4,9-12H2,1-2H3,(H,19,22). The van der Waals surface area contributed by atoms with Gasteiger partial charge in [-0.15, -0.1) is 0 Å².